The minimum atomic E-state index is -0.257. The highest BCUT2D eigenvalue weighted by molar-refractivity contribution is 4.94. The minimum absolute atomic E-state index is 0.257. The van der Waals surface area contributed by atoms with Gasteiger partial charge in [-0.15, -0.1) is 0 Å². The molecule has 0 radical (unpaired) electrons. The Morgan fingerprint density at radius 3 is 1.17 bits per heavy atom. The zero-order valence-corrected chi connectivity index (χ0v) is 7.19. The van der Waals surface area contributed by atoms with Crippen LogP contribution in [-0.2, 0) is 0 Å². The van der Waals surface area contributed by atoms with Crippen molar-refractivity contribution < 1.29 is 10.2 Å². The van der Waals surface area contributed by atoms with Crippen LogP contribution in [0.15, 0.2) is 24.3 Å². The molecule has 1 rings (SSSR count). The van der Waals surface area contributed by atoms with Crippen LogP contribution in [0.25, 0.3) is 0 Å². The molecule has 0 aromatic rings. The summed E-state index contributed by atoms with van der Waals surface area (Å²) >= 11 is 0. The van der Waals surface area contributed by atoms with E-state index in [1.165, 1.54) is 0 Å². The van der Waals surface area contributed by atoms with E-state index < -0.39 is 0 Å². The van der Waals surface area contributed by atoms with Gasteiger partial charge in [0.2, 0.25) is 0 Å². The van der Waals surface area contributed by atoms with Gasteiger partial charge in [-0.25, -0.2) is 0 Å². The number of rotatable bonds is 0. The highest BCUT2D eigenvalue weighted by Gasteiger charge is 2.02. The van der Waals surface area contributed by atoms with Gasteiger partial charge < -0.3 is 10.2 Å². The Balaban J connectivity index is 2.43. The van der Waals surface area contributed by atoms with Gasteiger partial charge in [-0.1, -0.05) is 24.3 Å². The first-order chi connectivity index (χ1) is 5.79. The molecule has 1 aliphatic carbocycles. The molecule has 0 amide bonds. The SMILES string of the molecule is OC1C/C=C\CC(O)C/C=C\C1. The molecule has 12 heavy (non-hydrogen) atoms. The molecule has 1 aliphatic rings. The minimum Gasteiger partial charge on any atom is -0.392 e. The summed E-state index contributed by atoms with van der Waals surface area (Å²) in [5.41, 5.74) is 0. The Bertz CT molecular complexity index is 137. The molecular formula is C10H16O2. The molecular weight excluding hydrogens is 152 g/mol. The summed E-state index contributed by atoms with van der Waals surface area (Å²) in [5, 5.41) is 18.7. The maximum atomic E-state index is 9.33. The number of hydrogen-bond acceptors (Lipinski definition) is 2. The van der Waals surface area contributed by atoms with Crippen LogP contribution in [0.1, 0.15) is 25.7 Å². The fourth-order valence-electron chi connectivity index (χ4n) is 1.21. The zero-order valence-electron chi connectivity index (χ0n) is 7.19. The van der Waals surface area contributed by atoms with Crippen molar-refractivity contribution in [1.29, 1.82) is 0 Å². The highest BCUT2D eigenvalue weighted by atomic mass is 16.3. The Morgan fingerprint density at radius 2 is 0.917 bits per heavy atom. The van der Waals surface area contributed by atoms with Gasteiger partial charge in [0.15, 0.2) is 0 Å². The summed E-state index contributed by atoms with van der Waals surface area (Å²) < 4.78 is 0. The van der Waals surface area contributed by atoms with Gasteiger partial charge >= 0.3 is 0 Å². The molecule has 0 spiro atoms. The van der Waals surface area contributed by atoms with Gasteiger partial charge in [-0.3, -0.25) is 0 Å². The van der Waals surface area contributed by atoms with Crippen LogP contribution >= 0.6 is 0 Å². The van der Waals surface area contributed by atoms with E-state index in [1.807, 2.05) is 24.3 Å². The second-order valence-electron chi connectivity index (χ2n) is 3.19. The van der Waals surface area contributed by atoms with E-state index in [4.69, 9.17) is 0 Å². The predicted octanol–water partition coefficient (Wildman–Crippen LogP) is 1.39. The first-order valence-corrected chi connectivity index (χ1v) is 4.45. The second-order valence-corrected chi connectivity index (χ2v) is 3.19. The summed E-state index contributed by atoms with van der Waals surface area (Å²) in [5.74, 6) is 0. The van der Waals surface area contributed by atoms with Crippen LogP contribution in [0, 0.1) is 0 Å². The van der Waals surface area contributed by atoms with Crippen LogP contribution in [-0.4, -0.2) is 22.4 Å². The summed E-state index contributed by atoms with van der Waals surface area (Å²) in [7, 11) is 0. The fraction of sp³-hybridized carbons (Fsp3) is 0.600. The Hall–Kier alpha value is -0.600. The van der Waals surface area contributed by atoms with Crippen molar-refractivity contribution >= 4 is 0 Å². The highest BCUT2D eigenvalue weighted by Crippen LogP contribution is 2.07. The smallest absolute Gasteiger partial charge is 0.0609 e. The molecule has 2 heteroatoms. The standard InChI is InChI=1S/C10H16O2/c11-9-5-1-2-6-10(12)8-4-3-7-9/h1-4,9-12H,5-8H2/b2-1-,4-3-. The van der Waals surface area contributed by atoms with E-state index >= 15 is 0 Å². The largest absolute Gasteiger partial charge is 0.392 e. The average Bonchev–Trinajstić information content (AvgIpc) is 2.06. The van der Waals surface area contributed by atoms with Crippen molar-refractivity contribution in [3.8, 4) is 0 Å². The lowest BCUT2D eigenvalue weighted by Gasteiger charge is -2.08. The van der Waals surface area contributed by atoms with Gasteiger partial charge in [0.1, 0.15) is 0 Å². The van der Waals surface area contributed by atoms with Crippen molar-refractivity contribution in [2.24, 2.45) is 0 Å². The fourth-order valence-corrected chi connectivity index (χ4v) is 1.21. The van der Waals surface area contributed by atoms with Crippen molar-refractivity contribution in [2.75, 3.05) is 0 Å². The lowest BCUT2D eigenvalue weighted by Crippen LogP contribution is -2.06. The molecule has 0 atom stereocenters. The third kappa shape index (κ3) is 3.69. The first kappa shape index (κ1) is 9.49. The molecule has 2 nitrogen and oxygen atoms in total. The number of aliphatic hydroxyl groups excluding tert-OH is 2. The van der Waals surface area contributed by atoms with E-state index in [9.17, 15) is 10.2 Å². The monoisotopic (exact) mass is 168 g/mol. The molecule has 0 heterocycles. The number of hydrogen-bond donors (Lipinski definition) is 2. The van der Waals surface area contributed by atoms with E-state index in [2.05, 4.69) is 0 Å². The maximum absolute atomic E-state index is 9.33. The topological polar surface area (TPSA) is 40.5 Å². The third-order valence-electron chi connectivity index (χ3n) is 1.97. The van der Waals surface area contributed by atoms with Gasteiger partial charge in [0.05, 0.1) is 12.2 Å². The zero-order chi connectivity index (χ0) is 8.81. The first-order valence-electron chi connectivity index (χ1n) is 4.45. The van der Waals surface area contributed by atoms with Crippen molar-refractivity contribution in [2.45, 2.75) is 37.9 Å². The van der Waals surface area contributed by atoms with Crippen LogP contribution < -0.4 is 0 Å². The normalized spacial score (nSPS) is 37.2. The summed E-state index contributed by atoms with van der Waals surface area (Å²) in [6, 6.07) is 0. The molecule has 0 aromatic carbocycles. The van der Waals surface area contributed by atoms with Crippen LogP contribution in [0.5, 0.6) is 0 Å². The maximum Gasteiger partial charge on any atom is 0.0609 e. The molecule has 0 aliphatic heterocycles. The summed E-state index contributed by atoms with van der Waals surface area (Å²) in [4.78, 5) is 0. The van der Waals surface area contributed by atoms with Crippen molar-refractivity contribution in [3.05, 3.63) is 24.3 Å². The van der Waals surface area contributed by atoms with Crippen molar-refractivity contribution in [1.82, 2.24) is 0 Å². The molecule has 0 unspecified atom stereocenters. The van der Waals surface area contributed by atoms with Crippen LogP contribution in [0.4, 0.5) is 0 Å². The molecule has 0 bridgehead atoms. The van der Waals surface area contributed by atoms with Gasteiger partial charge in [0.25, 0.3) is 0 Å². The van der Waals surface area contributed by atoms with Crippen LogP contribution in [0.2, 0.25) is 0 Å². The molecule has 0 aromatic heterocycles. The van der Waals surface area contributed by atoms with E-state index in [0.717, 1.165) is 0 Å². The van der Waals surface area contributed by atoms with E-state index in [1.54, 1.807) is 0 Å². The van der Waals surface area contributed by atoms with Crippen molar-refractivity contribution in [3.63, 3.8) is 0 Å². The van der Waals surface area contributed by atoms with E-state index in [0.29, 0.717) is 25.7 Å². The van der Waals surface area contributed by atoms with Gasteiger partial charge in [-0.05, 0) is 25.7 Å². The second kappa shape index (κ2) is 5.12. The molecule has 68 valence electrons. The molecule has 0 fully saturated rings. The van der Waals surface area contributed by atoms with Crippen LogP contribution in [0.3, 0.4) is 0 Å². The lowest BCUT2D eigenvalue weighted by atomic mass is 10.1. The lowest BCUT2D eigenvalue weighted by molar-refractivity contribution is 0.172. The Labute approximate surface area is 73.2 Å². The third-order valence-corrected chi connectivity index (χ3v) is 1.97. The molecule has 0 saturated heterocycles. The number of aliphatic hydroxyl groups is 2. The summed E-state index contributed by atoms with van der Waals surface area (Å²) in [6.07, 6.45) is 10.0. The molecule has 0 saturated carbocycles. The Kier molecular flexibility index (Phi) is 4.05. The predicted molar refractivity (Wildman–Crippen MR) is 48.8 cm³/mol. The average molecular weight is 168 g/mol. The molecule has 2 N–H and O–H groups in total. The van der Waals surface area contributed by atoms with E-state index in [-0.39, 0.29) is 12.2 Å². The van der Waals surface area contributed by atoms with Gasteiger partial charge in [-0.2, -0.15) is 0 Å². The quantitative estimate of drug-likeness (QED) is 0.537. The van der Waals surface area contributed by atoms with Gasteiger partial charge in [0, 0.05) is 0 Å². The Morgan fingerprint density at radius 1 is 0.667 bits per heavy atom. The summed E-state index contributed by atoms with van der Waals surface area (Å²) in [6.45, 7) is 0.